The summed E-state index contributed by atoms with van der Waals surface area (Å²) in [5.41, 5.74) is 1.21. The number of carbonyl (C=O) groups excluding carboxylic acids is 1. The molecule has 0 atom stereocenters. The summed E-state index contributed by atoms with van der Waals surface area (Å²) in [5.74, 6) is 1.28. The van der Waals surface area contributed by atoms with Gasteiger partial charge in [0.2, 0.25) is 5.91 Å². The summed E-state index contributed by atoms with van der Waals surface area (Å²) in [6.45, 7) is 4.77. The van der Waals surface area contributed by atoms with Gasteiger partial charge in [0.25, 0.3) is 0 Å². The molecule has 0 radical (unpaired) electrons. The second-order valence-electron chi connectivity index (χ2n) is 7.84. The first-order valence-electron chi connectivity index (χ1n) is 10.3. The minimum atomic E-state index is 0.257. The van der Waals surface area contributed by atoms with E-state index in [0.717, 1.165) is 61.6 Å². The van der Waals surface area contributed by atoms with Crippen molar-refractivity contribution in [3.05, 3.63) is 53.7 Å². The van der Waals surface area contributed by atoms with Gasteiger partial charge < -0.3 is 9.80 Å². The topological polar surface area (TPSA) is 52.6 Å². The lowest BCUT2D eigenvalue weighted by Crippen LogP contribution is -2.50. The minimum absolute atomic E-state index is 0.257. The van der Waals surface area contributed by atoms with Crippen LogP contribution >= 0.6 is 11.3 Å². The Labute approximate surface area is 174 Å². The Kier molecular flexibility index (Phi) is 5.16. The second kappa shape index (κ2) is 8.08. The predicted octanol–water partition coefficient (Wildman–Crippen LogP) is 3.00. The van der Waals surface area contributed by atoms with Gasteiger partial charge in [0.1, 0.15) is 17.0 Å². The van der Waals surface area contributed by atoms with E-state index in [9.17, 15) is 4.79 Å². The number of thiophene rings is 1. The molecule has 7 heteroatoms. The third-order valence-corrected chi connectivity index (χ3v) is 6.60. The molecule has 2 aliphatic rings. The van der Waals surface area contributed by atoms with Crippen molar-refractivity contribution in [2.45, 2.75) is 25.4 Å². The quantitative estimate of drug-likeness (QED) is 0.629. The van der Waals surface area contributed by atoms with Gasteiger partial charge in [-0.15, -0.1) is 11.3 Å². The lowest BCUT2D eigenvalue weighted by Gasteiger charge is -2.36. The molecule has 29 heavy (non-hydrogen) atoms. The van der Waals surface area contributed by atoms with Gasteiger partial charge in [-0.2, -0.15) is 0 Å². The molecule has 1 aromatic carbocycles. The number of aromatic nitrogens is 2. The Bertz CT molecular complexity index is 979. The smallest absolute Gasteiger partial charge is 0.237 e. The van der Waals surface area contributed by atoms with E-state index in [2.05, 4.69) is 48.2 Å². The van der Waals surface area contributed by atoms with E-state index in [0.29, 0.717) is 12.6 Å². The summed E-state index contributed by atoms with van der Waals surface area (Å²) in [4.78, 5) is 29.6. The minimum Gasteiger partial charge on any atom is -0.353 e. The van der Waals surface area contributed by atoms with Crippen molar-refractivity contribution in [2.24, 2.45) is 0 Å². The zero-order valence-corrected chi connectivity index (χ0v) is 17.2. The molecule has 1 saturated heterocycles. The first-order valence-corrected chi connectivity index (χ1v) is 11.1. The van der Waals surface area contributed by atoms with E-state index in [1.165, 1.54) is 5.56 Å². The molecule has 0 bridgehead atoms. The standard InChI is InChI=1S/C22H25N5OS/c28-20(27(18-6-7-18)14-17-4-2-1-3-5-17)15-25-9-11-26(12-10-25)21-19-8-13-29-22(19)24-16-23-21/h1-5,8,13,16,18H,6-7,9-12,14-15H2. The fourth-order valence-corrected chi connectivity index (χ4v) is 4.74. The number of amides is 1. The predicted molar refractivity (Wildman–Crippen MR) is 116 cm³/mol. The Morgan fingerprint density at radius 3 is 2.62 bits per heavy atom. The molecular weight excluding hydrogens is 382 g/mol. The normalized spacial score (nSPS) is 17.6. The molecule has 3 aromatic rings. The molecular formula is C22H25N5OS. The maximum Gasteiger partial charge on any atom is 0.237 e. The first kappa shape index (κ1) is 18.5. The Morgan fingerprint density at radius 2 is 1.86 bits per heavy atom. The third-order valence-electron chi connectivity index (χ3n) is 5.78. The van der Waals surface area contributed by atoms with E-state index in [1.54, 1.807) is 17.7 Å². The maximum atomic E-state index is 13.0. The fraction of sp³-hybridized carbons (Fsp3) is 0.409. The van der Waals surface area contributed by atoms with Gasteiger partial charge in [0.05, 0.1) is 11.9 Å². The molecule has 0 spiro atoms. The summed E-state index contributed by atoms with van der Waals surface area (Å²) in [7, 11) is 0. The summed E-state index contributed by atoms with van der Waals surface area (Å²) in [6, 6.07) is 12.8. The molecule has 0 unspecified atom stereocenters. The van der Waals surface area contributed by atoms with Crippen molar-refractivity contribution in [1.29, 1.82) is 0 Å². The van der Waals surface area contributed by atoms with Crippen LogP contribution in [0.4, 0.5) is 5.82 Å². The van der Waals surface area contributed by atoms with Gasteiger partial charge in [0.15, 0.2) is 0 Å². The Balaban J connectivity index is 1.20. The van der Waals surface area contributed by atoms with Gasteiger partial charge in [-0.05, 0) is 29.9 Å². The van der Waals surface area contributed by atoms with Crippen molar-refractivity contribution in [1.82, 2.24) is 19.8 Å². The van der Waals surface area contributed by atoms with Crippen LogP contribution < -0.4 is 4.90 Å². The van der Waals surface area contributed by atoms with Crippen molar-refractivity contribution in [3.63, 3.8) is 0 Å². The van der Waals surface area contributed by atoms with Crippen LogP contribution in [0.25, 0.3) is 10.2 Å². The van der Waals surface area contributed by atoms with Crippen LogP contribution in [0.2, 0.25) is 0 Å². The summed E-state index contributed by atoms with van der Waals surface area (Å²) in [6.07, 6.45) is 3.93. The second-order valence-corrected chi connectivity index (χ2v) is 8.73. The molecule has 1 aliphatic heterocycles. The Morgan fingerprint density at radius 1 is 1.07 bits per heavy atom. The number of hydrogen-bond acceptors (Lipinski definition) is 6. The highest BCUT2D eigenvalue weighted by Gasteiger charge is 2.33. The Hall–Kier alpha value is -2.51. The number of piperazine rings is 1. The van der Waals surface area contributed by atoms with E-state index in [4.69, 9.17) is 0 Å². The number of anilines is 1. The van der Waals surface area contributed by atoms with E-state index < -0.39 is 0 Å². The third kappa shape index (κ3) is 4.11. The van der Waals surface area contributed by atoms with Gasteiger partial charge in [-0.1, -0.05) is 30.3 Å². The van der Waals surface area contributed by atoms with Crippen LogP contribution in [-0.4, -0.2) is 64.4 Å². The zero-order valence-electron chi connectivity index (χ0n) is 16.4. The molecule has 3 heterocycles. The van der Waals surface area contributed by atoms with Gasteiger partial charge in [0, 0.05) is 38.8 Å². The molecule has 0 N–H and O–H groups in total. The van der Waals surface area contributed by atoms with Crippen LogP contribution in [0.1, 0.15) is 18.4 Å². The van der Waals surface area contributed by atoms with Crippen LogP contribution in [0.15, 0.2) is 48.1 Å². The van der Waals surface area contributed by atoms with Crippen molar-refractivity contribution in [3.8, 4) is 0 Å². The van der Waals surface area contributed by atoms with Crippen molar-refractivity contribution >= 4 is 33.3 Å². The van der Waals surface area contributed by atoms with Gasteiger partial charge in [-0.25, -0.2) is 9.97 Å². The van der Waals surface area contributed by atoms with Crippen LogP contribution in [0, 0.1) is 0 Å². The number of benzene rings is 1. The van der Waals surface area contributed by atoms with Crippen molar-refractivity contribution in [2.75, 3.05) is 37.6 Å². The summed E-state index contributed by atoms with van der Waals surface area (Å²) < 4.78 is 0. The number of carbonyl (C=O) groups is 1. The maximum absolute atomic E-state index is 13.0. The lowest BCUT2D eigenvalue weighted by atomic mass is 10.2. The summed E-state index contributed by atoms with van der Waals surface area (Å²) >= 11 is 1.65. The van der Waals surface area contributed by atoms with Crippen LogP contribution in [-0.2, 0) is 11.3 Å². The van der Waals surface area contributed by atoms with E-state index in [-0.39, 0.29) is 5.91 Å². The molecule has 2 fully saturated rings. The monoisotopic (exact) mass is 407 g/mol. The molecule has 5 rings (SSSR count). The average molecular weight is 408 g/mol. The van der Waals surface area contributed by atoms with Gasteiger partial charge in [-0.3, -0.25) is 9.69 Å². The average Bonchev–Trinajstić information content (AvgIpc) is 3.48. The highest BCUT2D eigenvalue weighted by molar-refractivity contribution is 7.16. The molecule has 6 nitrogen and oxygen atoms in total. The number of rotatable bonds is 6. The number of hydrogen-bond donors (Lipinski definition) is 0. The van der Waals surface area contributed by atoms with Gasteiger partial charge >= 0.3 is 0 Å². The van der Waals surface area contributed by atoms with E-state index >= 15 is 0 Å². The largest absolute Gasteiger partial charge is 0.353 e. The molecule has 2 aromatic heterocycles. The molecule has 1 saturated carbocycles. The van der Waals surface area contributed by atoms with Crippen molar-refractivity contribution < 1.29 is 4.79 Å². The number of fused-ring (bicyclic) bond motifs is 1. The molecule has 1 amide bonds. The highest BCUT2D eigenvalue weighted by Crippen LogP contribution is 2.29. The molecule has 150 valence electrons. The SMILES string of the molecule is O=C(CN1CCN(c2ncnc3sccc23)CC1)N(Cc1ccccc1)C1CC1. The summed E-state index contributed by atoms with van der Waals surface area (Å²) in [5, 5.41) is 3.20. The molecule has 1 aliphatic carbocycles. The number of nitrogens with zero attached hydrogens (tertiary/aromatic N) is 5. The highest BCUT2D eigenvalue weighted by atomic mass is 32.1. The fourth-order valence-electron chi connectivity index (χ4n) is 4.02. The lowest BCUT2D eigenvalue weighted by molar-refractivity contribution is -0.133. The zero-order chi connectivity index (χ0) is 19.6. The van der Waals surface area contributed by atoms with E-state index in [1.807, 2.05) is 18.2 Å². The van der Waals surface area contributed by atoms with Crippen LogP contribution in [0.3, 0.4) is 0 Å². The first-order chi connectivity index (χ1) is 14.3. The van der Waals surface area contributed by atoms with Crippen LogP contribution in [0.5, 0.6) is 0 Å².